The molecular weight excluding hydrogens is 511 g/mol. The van der Waals surface area contributed by atoms with E-state index in [0.29, 0.717) is 19.6 Å². The van der Waals surface area contributed by atoms with Gasteiger partial charge in [0.05, 0.1) is 41.6 Å². The van der Waals surface area contributed by atoms with Crippen molar-refractivity contribution < 1.29 is 26.3 Å². The molecule has 0 amide bonds. The van der Waals surface area contributed by atoms with E-state index in [0.717, 1.165) is 33.8 Å². The van der Waals surface area contributed by atoms with Gasteiger partial charge in [-0.3, -0.25) is 8.61 Å². The minimum Gasteiger partial charge on any atom is -0.406 e. The summed E-state index contributed by atoms with van der Waals surface area (Å²) in [5.41, 5.74) is 6.00. The monoisotopic (exact) mass is 535 g/mol. The molecule has 1 fully saturated rings. The highest BCUT2D eigenvalue weighted by Crippen LogP contribution is 2.46. The number of rotatable bonds is 5. The lowest BCUT2D eigenvalue weighted by molar-refractivity contribution is -0.274. The van der Waals surface area contributed by atoms with Gasteiger partial charge in [-0.15, -0.1) is 13.2 Å². The number of ether oxygens (including phenoxy) is 1. The van der Waals surface area contributed by atoms with Crippen molar-refractivity contribution in [2.24, 2.45) is 0 Å². The molecule has 36 heavy (non-hydrogen) atoms. The molecule has 6 nitrogen and oxygen atoms in total. The second-order valence-corrected chi connectivity index (χ2v) is 12.2. The quantitative estimate of drug-likeness (QED) is 0.400. The maximum absolute atomic E-state index is 12.4. The zero-order chi connectivity index (χ0) is 25.5. The number of hydrogen-bond acceptors (Lipinski definition) is 7. The summed E-state index contributed by atoms with van der Waals surface area (Å²) in [7, 11) is -0.972. The Morgan fingerprint density at radius 3 is 2.31 bits per heavy atom. The van der Waals surface area contributed by atoms with E-state index < -0.39 is 16.2 Å². The van der Waals surface area contributed by atoms with Gasteiger partial charge < -0.3 is 9.64 Å². The number of halogens is 3. The Morgan fingerprint density at radius 2 is 1.61 bits per heavy atom. The SMILES string of the molecule is CN1SN(Cc2ccc(OC(F)(F)F)cc2)c2ccc(-c3cccc(N4CCS(=O)(=O)CC4)c3)cc21. The number of nitrogens with zero attached hydrogens (tertiary/aromatic N) is 3. The van der Waals surface area contributed by atoms with Gasteiger partial charge in [-0.2, -0.15) is 0 Å². The molecule has 5 rings (SSSR count). The average Bonchev–Trinajstić information content (AvgIpc) is 3.14. The van der Waals surface area contributed by atoms with Gasteiger partial charge in [0.25, 0.3) is 0 Å². The van der Waals surface area contributed by atoms with Crippen LogP contribution in [0.1, 0.15) is 5.56 Å². The van der Waals surface area contributed by atoms with Crippen molar-refractivity contribution in [1.82, 2.24) is 0 Å². The molecule has 0 spiro atoms. The largest absolute Gasteiger partial charge is 0.573 e. The number of sulfone groups is 1. The van der Waals surface area contributed by atoms with Crippen LogP contribution in [0.5, 0.6) is 5.75 Å². The third-order valence-corrected chi connectivity index (χ3v) is 8.75. The summed E-state index contributed by atoms with van der Waals surface area (Å²) in [6.45, 7) is 1.50. The topological polar surface area (TPSA) is 53.1 Å². The molecule has 0 N–H and O–H groups in total. The molecule has 0 aromatic heterocycles. The molecule has 3 aromatic rings. The first-order chi connectivity index (χ1) is 17.1. The lowest BCUT2D eigenvalue weighted by Crippen LogP contribution is -2.40. The predicted molar refractivity (Wildman–Crippen MR) is 138 cm³/mol. The first-order valence-corrected chi connectivity index (χ1v) is 13.9. The third kappa shape index (κ3) is 5.52. The summed E-state index contributed by atoms with van der Waals surface area (Å²) < 4.78 is 68.9. The number of benzene rings is 3. The Balaban J connectivity index is 1.32. The normalized spacial score (nSPS) is 17.3. The Bertz CT molecular complexity index is 1350. The fourth-order valence-corrected chi connectivity index (χ4v) is 6.51. The molecule has 2 aliphatic rings. The molecule has 0 radical (unpaired) electrons. The standard InChI is InChI=1S/C25H24F3N3O3S2/c1-29-24-16-20(19-3-2-4-21(15-19)30-11-13-36(32,33)14-12-30)7-10-23(24)31(35-29)17-18-5-8-22(9-6-18)34-25(26,27)28/h2-10,15-16H,11-14,17H2,1H3. The summed E-state index contributed by atoms with van der Waals surface area (Å²) in [6.07, 6.45) is -4.71. The minimum absolute atomic E-state index is 0.173. The number of alkyl halides is 3. The maximum atomic E-state index is 12.4. The molecule has 0 unspecified atom stereocenters. The molecule has 0 saturated carbocycles. The van der Waals surface area contributed by atoms with Gasteiger partial charge in [0.15, 0.2) is 9.84 Å². The van der Waals surface area contributed by atoms with Gasteiger partial charge in [-0.1, -0.05) is 30.3 Å². The van der Waals surface area contributed by atoms with E-state index in [1.807, 2.05) is 37.4 Å². The third-order valence-electron chi connectivity index (χ3n) is 6.18. The van der Waals surface area contributed by atoms with Crippen LogP contribution in [0.3, 0.4) is 0 Å². The smallest absolute Gasteiger partial charge is 0.406 e. The molecule has 190 valence electrons. The summed E-state index contributed by atoms with van der Waals surface area (Å²) in [5, 5.41) is 0. The van der Waals surface area contributed by atoms with Crippen molar-refractivity contribution in [3.8, 4) is 16.9 Å². The number of anilines is 3. The molecule has 3 aromatic carbocycles. The second kappa shape index (κ2) is 9.44. The summed E-state index contributed by atoms with van der Waals surface area (Å²) in [4.78, 5) is 2.10. The van der Waals surface area contributed by atoms with Crippen LogP contribution in [-0.2, 0) is 16.4 Å². The molecule has 0 bridgehead atoms. The Kier molecular flexibility index (Phi) is 6.46. The Labute approximate surface area is 212 Å². The van der Waals surface area contributed by atoms with E-state index in [1.165, 1.54) is 24.3 Å². The van der Waals surface area contributed by atoms with Gasteiger partial charge >= 0.3 is 6.36 Å². The van der Waals surface area contributed by atoms with Crippen LogP contribution >= 0.6 is 12.1 Å². The van der Waals surface area contributed by atoms with Crippen molar-refractivity contribution in [1.29, 1.82) is 0 Å². The number of fused-ring (bicyclic) bond motifs is 1. The van der Waals surface area contributed by atoms with Crippen LogP contribution in [0.15, 0.2) is 66.7 Å². The van der Waals surface area contributed by atoms with Gasteiger partial charge in [-0.25, -0.2) is 8.42 Å². The second-order valence-electron chi connectivity index (χ2n) is 8.70. The Morgan fingerprint density at radius 1 is 0.917 bits per heavy atom. The maximum Gasteiger partial charge on any atom is 0.573 e. The van der Waals surface area contributed by atoms with Crippen molar-refractivity contribution in [3.63, 3.8) is 0 Å². The summed E-state index contributed by atoms with van der Waals surface area (Å²) in [5.74, 6) is 0.105. The highest BCUT2D eigenvalue weighted by Gasteiger charge is 2.31. The molecule has 1 saturated heterocycles. The zero-order valence-corrected chi connectivity index (χ0v) is 21.0. The molecular formula is C25H24F3N3O3S2. The lowest BCUT2D eigenvalue weighted by Gasteiger charge is -2.29. The first kappa shape index (κ1) is 24.6. The minimum atomic E-state index is -4.71. The van der Waals surface area contributed by atoms with Crippen LogP contribution in [0.4, 0.5) is 30.2 Å². The molecule has 0 aliphatic carbocycles. The van der Waals surface area contributed by atoms with Crippen LogP contribution in [0.2, 0.25) is 0 Å². The van der Waals surface area contributed by atoms with E-state index in [4.69, 9.17) is 0 Å². The first-order valence-electron chi connectivity index (χ1n) is 11.3. The van der Waals surface area contributed by atoms with Gasteiger partial charge in [0.2, 0.25) is 0 Å². The summed E-state index contributed by atoms with van der Waals surface area (Å²) >= 11 is 1.52. The number of hydrogen-bond donors (Lipinski definition) is 0. The fraction of sp³-hybridized carbons (Fsp3) is 0.280. The molecule has 11 heteroatoms. The van der Waals surface area contributed by atoms with Gasteiger partial charge in [0, 0.05) is 25.8 Å². The lowest BCUT2D eigenvalue weighted by atomic mass is 10.0. The average molecular weight is 536 g/mol. The van der Waals surface area contributed by atoms with E-state index in [1.54, 1.807) is 12.1 Å². The van der Waals surface area contributed by atoms with Crippen LogP contribution < -0.4 is 18.2 Å². The molecule has 2 heterocycles. The van der Waals surface area contributed by atoms with Crippen molar-refractivity contribution in [2.75, 3.05) is 45.2 Å². The fourth-order valence-electron chi connectivity index (χ4n) is 4.33. The van der Waals surface area contributed by atoms with Crippen molar-refractivity contribution >= 4 is 39.0 Å². The van der Waals surface area contributed by atoms with Crippen LogP contribution in [0.25, 0.3) is 11.1 Å². The van der Waals surface area contributed by atoms with Gasteiger partial charge in [-0.05, 0) is 53.1 Å². The molecule has 2 aliphatic heterocycles. The highest BCUT2D eigenvalue weighted by molar-refractivity contribution is 8.02. The van der Waals surface area contributed by atoms with Crippen molar-refractivity contribution in [2.45, 2.75) is 12.9 Å². The van der Waals surface area contributed by atoms with E-state index in [-0.39, 0.29) is 17.3 Å². The molecule has 0 atom stereocenters. The van der Waals surface area contributed by atoms with Crippen molar-refractivity contribution in [3.05, 3.63) is 72.3 Å². The predicted octanol–water partition coefficient (Wildman–Crippen LogP) is 5.51. The van der Waals surface area contributed by atoms with E-state index in [9.17, 15) is 21.6 Å². The summed E-state index contributed by atoms with van der Waals surface area (Å²) in [6, 6.07) is 20.2. The highest BCUT2D eigenvalue weighted by atomic mass is 32.2. The van der Waals surface area contributed by atoms with Crippen LogP contribution in [0, 0.1) is 0 Å². The zero-order valence-electron chi connectivity index (χ0n) is 19.4. The van der Waals surface area contributed by atoms with Gasteiger partial charge in [0.1, 0.15) is 5.75 Å². The van der Waals surface area contributed by atoms with Crippen LogP contribution in [-0.4, -0.2) is 46.4 Å². The Hall–Kier alpha value is -3.05. The van der Waals surface area contributed by atoms with E-state index >= 15 is 0 Å². The van der Waals surface area contributed by atoms with E-state index in [2.05, 4.69) is 30.4 Å².